The lowest BCUT2D eigenvalue weighted by Gasteiger charge is -2.09. The third kappa shape index (κ3) is 2.81. The molecule has 0 saturated heterocycles. The van der Waals surface area contributed by atoms with Crippen LogP contribution in [0.2, 0.25) is 0 Å². The van der Waals surface area contributed by atoms with Crippen LogP contribution in [0.5, 0.6) is 11.5 Å². The molecule has 3 aromatic carbocycles. The summed E-state index contributed by atoms with van der Waals surface area (Å²) >= 11 is 0. The van der Waals surface area contributed by atoms with Gasteiger partial charge in [-0.15, -0.1) is 0 Å². The van der Waals surface area contributed by atoms with Gasteiger partial charge in [-0.3, -0.25) is 0 Å². The minimum Gasteiger partial charge on any atom is -0.454 e. The van der Waals surface area contributed by atoms with E-state index in [4.69, 9.17) is 9.47 Å². The number of nitrogens with zero attached hydrogens (tertiary/aromatic N) is 3. The van der Waals surface area contributed by atoms with Crippen molar-refractivity contribution in [3.63, 3.8) is 0 Å². The largest absolute Gasteiger partial charge is 0.454 e. The molecule has 1 aliphatic heterocycles. The van der Waals surface area contributed by atoms with Crippen molar-refractivity contribution in [3.8, 4) is 22.6 Å². The lowest BCUT2D eigenvalue weighted by molar-refractivity contribution is 0.174. The van der Waals surface area contributed by atoms with Crippen molar-refractivity contribution < 1.29 is 9.47 Å². The Kier molecular flexibility index (Phi) is 3.81. The molecule has 0 radical (unpaired) electrons. The van der Waals surface area contributed by atoms with Gasteiger partial charge in [0.05, 0.1) is 6.20 Å². The molecule has 0 aliphatic carbocycles. The van der Waals surface area contributed by atoms with Gasteiger partial charge in [0, 0.05) is 18.3 Å². The molecule has 0 spiro atoms. The van der Waals surface area contributed by atoms with Gasteiger partial charge in [-0.05, 0) is 46.2 Å². The van der Waals surface area contributed by atoms with E-state index in [1.54, 1.807) is 0 Å². The van der Waals surface area contributed by atoms with E-state index in [9.17, 15) is 0 Å². The molecule has 1 N–H and O–H groups in total. The Morgan fingerprint density at radius 1 is 0.900 bits per heavy atom. The van der Waals surface area contributed by atoms with Crippen molar-refractivity contribution in [2.24, 2.45) is 0 Å². The first-order valence-corrected chi connectivity index (χ1v) is 9.79. The second-order valence-corrected chi connectivity index (χ2v) is 7.23. The molecule has 0 bridgehead atoms. The Hall–Kier alpha value is -4.06. The number of nitrogens with one attached hydrogen (secondary N) is 1. The highest BCUT2D eigenvalue weighted by Crippen LogP contribution is 2.33. The molecule has 0 atom stereocenters. The summed E-state index contributed by atoms with van der Waals surface area (Å²) in [5.74, 6) is 2.45. The number of fused-ring (bicyclic) bond motifs is 3. The second kappa shape index (κ2) is 6.77. The lowest BCUT2D eigenvalue weighted by atomic mass is 10.0. The summed E-state index contributed by atoms with van der Waals surface area (Å²) in [6.45, 7) is 0.920. The molecule has 0 amide bonds. The molecule has 146 valence electrons. The standard InChI is InChI=1S/C24H18N4O2/c1-2-4-18-12-19(7-6-17(18)3-1)20-14-27-28-23(9-10-25-24(20)28)26-13-16-5-8-21-22(11-16)30-15-29-21/h1-12,14,26H,13,15H2. The van der Waals surface area contributed by atoms with Gasteiger partial charge in [0.1, 0.15) is 5.82 Å². The number of hydrogen-bond donors (Lipinski definition) is 1. The molecule has 6 nitrogen and oxygen atoms in total. The van der Waals surface area contributed by atoms with Gasteiger partial charge in [0.2, 0.25) is 6.79 Å². The molecular formula is C24H18N4O2. The van der Waals surface area contributed by atoms with Gasteiger partial charge >= 0.3 is 0 Å². The van der Waals surface area contributed by atoms with Gasteiger partial charge in [-0.1, -0.05) is 42.5 Å². The maximum absolute atomic E-state index is 5.47. The van der Waals surface area contributed by atoms with E-state index in [1.807, 2.05) is 41.2 Å². The first-order valence-electron chi connectivity index (χ1n) is 9.79. The van der Waals surface area contributed by atoms with Crippen LogP contribution in [0, 0.1) is 0 Å². The van der Waals surface area contributed by atoms with E-state index < -0.39 is 0 Å². The Morgan fingerprint density at radius 3 is 2.77 bits per heavy atom. The maximum Gasteiger partial charge on any atom is 0.231 e. The first-order chi connectivity index (χ1) is 14.8. The number of rotatable bonds is 4. The molecular weight excluding hydrogens is 376 g/mol. The van der Waals surface area contributed by atoms with Crippen molar-refractivity contribution in [2.45, 2.75) is 6.54 Å². The van der Waals surface area contributed by atoms with Gasteiger partial charge < -0.3 is 14.8 Å². The van der Waals surface area contributed by atoms with Crippen LogP contribution in [-0.4, -0.2) is 21.4 Å². The van der Waals surface area contributed by atoms with Crippen LogP contribution in [0.25, 0.3) is 27.5 Å². The molecule has 5 aromatic rings. The fourth-order valence-corrected chi connectivity index (χ4v) is 3.83. The fourth-order valence-electron chi connectivity index (χ4n) is 3.83. The average molecular weight is 394 g/mol. The van der Waals surface area contributed by atoms with E-state index in [0.29, 0.717) is 6.54 Å². The molecule has 6 heteroatoms. The van der Waals surface area contributed by atoms with E-state index in [2.05, 4.69) is 57.9 Å². The minimum absolute atomic E-state index is 0.280. The molecule has 30 heavy (non-hydrogen) atoms. The highest BCUT2D eigenvalue weighted by atomic mass is 16.7. The smallest absolute Gasteiger partial charge is 0.231 e. The Balaban J connectivity index is 1.32. The van der Waals surface area contributed by atoms with Gasteiger partial charge in [0.25, 0.3) is 0 Å². The summed E-state index contributed by atoms with van der Waals surface area (Å²) in [5.41, 5.74) is 4.03. The minimum atomic E-state index is 0.280. The molecule has 0 fully saturated rings. The van der Waals surface area contributed by atoms with Crippen molar-refractivity contribution in [1.29, 1.82) is 0 Å². The molecule has 2 aromatic heterocycles. The number of aromatic nitrogens is 3. The average Bonchev–Trinajstić information content (AvgIpc) is 3.44. The SMILES string of the molecule is c1ccc2cc(-c3cnn4c(NCc5ccc6c(c5)OCO6)ccnc34)ccc2c1. The van der Waals surface area contributed by atoms with Crippen LogP contribution in [0.15, 0.2) is 79.1 Å². The molecule has 6 rings (SSSR count). The monoisotopic (exact) mass is 394 g/mol. The fraction of sp³-hybridized carbons (Fsp3) is 0.0833. The maximum atomic E-state index is 5.47. The summed E-state index contributed by atoms with van der Waals surface area (Å²) in [5, 5.41) is 10.5. The summed E-state index contributed by atoms with van der Waals surface area (Å²) in [7, 11) is 0. The predicted molar refractivity (Wildman–Crippen MR) is 116 cm³/mol. The number of ether oxygens (including phenoxy) is 2. The van der Waals surface area contributed by atoms with Gasteiger partial charge in [0.15, 0.2) is 17.1 Å². The summed E-state index contributed by atoms with van der Waals surface area (Å²) in [4.78, 5) is 4.58. The predicted octanol–water partition coefficient (Wildman–Crippen LogP) is 4.89. The van der Waals surface area contributed by atoms with Gasteiger partial charge in [-0.2, -0.15) is 9.61 Å². The molecule has 0 saturated carbocycles. The van der Waals surface area contributed by atoms with E-state index >= 15 is 0 Å². The first kappa shape index (κ1) is 16.9. The van der Waals surface area contributed by atoms with E-state index in [-0.39, 0.29) is 6.79 Å². The van der Waals surface area contributed by atoms with E-state index in [1.165, 1.54) is 10.8 Å². The zero-order valence-electron chi connectivity index (χ0n) is 16.1. The zero-order chi connectivity index (χ0) is 19.9. The molecule has 3 heterocycles. The zero-order valence-corrected chi connectivity index (χ0v) is 16.1. The Bertz CT molecular complexity index is 1390. The van der Waals surface area contributed by atoms with Crippen LogP contribution in [-0.2, 0) is 6.54 Å². The Labute approximate surface area is 172 Å². The van der Waals surface area contributed by atoms with Crippen molar-refractivity contribution in [1.82, 2.24) is 14.6 Å². The summed E-state index contributed by atoms with van der Waals surface area (Å²) in [6, 6.07) is 22.7. The Morgan fingerprint density at radius 2 is 1.80 bits per heavy atom. The summed E-state index contributed by atoms with van der Waals surface area (Å²) in [6.07, 6.45) is 3.68. The van der Waals surface area contributed by atoms with Crippen LogP contribution < -0.4 is 14.8 Å². The van der Waals surface area contributed by atoms with E-state index in [0.717, 1.165) is 39.7 Å². The van der Waals surface area contributed by atoms with Crippen molar-refractivity contribution >= 4 is 22.2 Å². The normalized spacial score (nSPS) is 12.5. The van der Waals surface area contributed by atoms with Crippen LogP contribution in [0.4, 0.5) is 5.82 Å². The highest BCUT2D eigenvalue weighted by molar-refractivity contribution is 5.89. The number of anilines is 1. The summed E-state index contributed by atoms with van der Waals surface area (Å²) < 4.78 is 12.7. The second-order valence-electron chi connectivity index (χ2n) is 7.23. The highest BCUT2D eigenvalue weighted by Gasteiger charge is 2.14. The third-order valence-electron chi connectivity index (χ3n) is 5.37. The quantitative estimate of drug-likeness (QED) is 0.470. The lowest BCUT2D eigenvalue weighted by Crippen LogP contribution is -2.05. The van der Waals surface area contributed by atoms with Crippen LogP contribution in [0.1, 0.15) is 5.56 Å². The van der Waals surface area contributed by atoms with Crippen molar-refractivity contribution in [2.75, 3.05) is 12.1 Å². The number of hydrogen-bond acceptors (Lipinski definition) is 5. The third-order valence-corrected chi connectivity index (χ3v) is 5.37. The van der Waals surface area contributed by atoms with Crippen LogP contribution in [0.3, 0.4) is 0 Å². The molecule has 1 aliphatic rings. The number of benzene rings is 3. The van der Waals surface area contributed by atoms with Crippen LogP contribution >= 0.6 is 0 Å². The topological polar surface area (TPSA) is 60.7 Å². The van der Waals surface area contributed by atoms with Gasteiger partial charge in [-0.25, -0.2) is 4.98 Å². The van der Waals surface area contributed by atoms with Crippen molar-refractivity contribution in [3.05, 3.63) is 84.7 Å². The molecule has 0 unspecified atom stereocenters.